The fraction of sp³-hybridized carbons (Fsp3) is 0.500. The number of morpholine rings is 1. The lowest BCUT2D eigenvalue weighted by Gasteiger charge is -2.36. The van der Waals surface area contributed by atoms with Crippen LogP contribution >= 0.6 is 0 Å². The van der Waals surface area contributed by atoms with E-state index in [9.17, 15) is 13.2 Å². The highest BCUT2D eigenvalue weighted by atomic mass is 32.2. The third-order valence-electron chi connectivity index (χ3n) is 4.67. The molecule has 1 aromatic rings. The summed E-state index contributed by atoms with van der Waals surface area (Å²) in [6, 6.07) is 7.02. The summed E-state index contributed by atoms with van der Waals surface area (Å²) in [6.07, 6.45) is 5.68. The van der Waals surface area contributed by atoms with Crippen LogP contribution in [-0.4, -0.2) is 69.3 Å². The van der Waals surface area contributed by atoms with E-state index in [0.29, 0.717) is 44.2 Å². The van der Waals surface area contributed by atoms with Gasteiger partial charge in [-0.15, -0.1) is 0 Å². The summed E-state index contributed by atoms with van der Waals surface area (Å²) >= 11 is 0. The summed E-state index contributed by atoms with van der Waals surface area (Å²) in [5.41, 5.74) is 1.04. The SMILES string of the molecule is CS(=O)(=O)c1ccc(CN2CCOCC2CC(=O)N2CC=CC2)cc1. The van der Waals surface area contributed by atoms with Gasteiger partial charge in [0.1, 0.15) is 0 Å². The van der Waals surface area contributed by atoms with Crippen LogP contribution in [0, 0.1) is 0 Å². The Hall–Kier alpha value is -1.70. The van der Waals surface area contributed by atoms with Gasteiger partial charge in [0.2, 0.25) is 5.91 Å². The summed E-state index contributed by atoms with van der Waals surface area (Å²) < 4.78 is 28.7. The fourth-order valence-corrected chi connectivity index (χ4v) is 3.80. The molecule has 0 bridgehead atoms. The van der Waals surface area contributed by atoms with Crippen molar-refractivity contribution in [1.29, 1.82) is 0 Å². The first-order valence-corrected chi connectivity index (χ1v) is 10.4. The van der Waals surface area contributed by atoms with Gasteiger partial charge in [0.05, 0.1) is 18.1 Å². The second kappa shape index (κ2) is 7.68. The van der Waals surface area contributed by atoms with Gasteiger partial charge in [0.25, 0.3) is 0 Å². The van der Waals surface area contributed by atoms with E-state index in [-0.39, 0.29) is 11.9 Å². The van der Waals surface area contributed by atoms with Crippen molar-refractivity contribution < 1.29 is 17.9 Å². The minimum atomic E-state index is -3.18. The molecule has 0 aromatic heterocycles. The molecule has 0 N–H and O–H groups in total. The zero-order valence-electron chi connectivity index (χ0n) is 14.4. The second-order valence-corrected chi connectivity index (χ2v) is 8.61. The molecule has 0 saturated carbocycles. The van der Waals surface area contributed by atoms with Crippen molar-refractivity contribution in [1.82, 2.24) is 9.80 Å². The first-order chi connectivity index (χ1) is 11.9. The lowest BCUT2D eigenvalue weighted by molar-refractivity contribution is -0.133. The number of carbonyl (C=O) groups is 1. The van der Waals surface area contributed by atoms with E-state index >= 15 is 0 Å². The van der Waals surface area contributed by atoms with Gasteiger partial charge in [0, 0.05) is 44.9 Å². The number of ether oxygens (including phenoxy) is 1. The van der Waals surface area contributed by atoms with Gasteiger partial charge < -0.3 is 9.64 Å². The third kappa shape index (κ3) is 4.68. The average Bonchev–Trinajstić information content (AvgIpc) is 3.11. The Morgan fingerprint density at radius 1 is 1.20 bits per heavy atom. The van der Waals surface area contributed by atoms with Crippen LogP contribution < -0.4 is 0 Å². The Kier molecular flexibility index (Phi) is 5.56. The summed E-state index contributed by atoms with van der Waals surface area (Å²) in [6.45, 7) is 4.04. The zero-order chi connectivity index (χ0) is 17.9. The molecule has 1 saturated heterocycles. The first kappa shape index (κ1) is 18.1. The lowest BCUT2D eigenvalue weighted by atomic mass is 10.1. The number of hydrogen-bond acceptors (Lipinski definition) is 5. The van der Waals surface area contributed by atoms with E-state index in [0.717, 1.165) is 12.1 Å². The predicted molar refractivity (Wildman–Crippen MR) is 94.9 cm³/mol. The van der Waals surface area contributed by atoms with Crippen LogP contribution in [0.2, 0.25) is 0 Å². The molecule has 1 aromatic carbocycles. The molecular weight excluding hydrogens is 340 g/mol. The maximum atomic E-state index is 12.4. The average molecular weight is 364 g/mol. The number of nitrogens with zero attached hydrogens (tertiary/aromatic N) is 2. The fourth-order valence-electron chi connectivity index (χ4n) is 3.17. The molecule has 2 aliphatic heterocycles. The molecule has 1 amide bonds. The van der Waals surface area contributed by atoms with Crippen LogP contribution in [0.5, 0.6) is 0 Å². The zero-order valence-corrected chi connectivity index (χ0v) is 15.2. The van der Waals surface area contributed by atoms with Crippen LogP contribution in [0.4, 0.5) is 0 Å². The molecule has 0 aliphatic carbocycles. The standard InChI is InChI=1S/C18H24N2O4S/c1-25(22,23)17-6-4-15(5-7-17)13-20-10-11-24-14-16(20)12-18(21)19-8-2-3-9-19/h2-7,16H,8-14H2,1H3. The van der Waals surface area contributed by atoms with Crippen molar-refractivity contribution in [2.45, 2.75) is 23.9 Å². The highest BCUT2D eigenvalue weighted by molar-refractivity contribution is 7.90. The van der Waals surface area contributed by atoms with E-state index in [2.05, 4.69) is 4.90 Å². The van der Waals surface area contributed by atoms with E-state index in [4.69, 9.17) is 4.74 Å². The molecule has 3 rings (SSSR count). The van der Waals surface area contributed by atoms with Crippen molar-refractivity contribution in [3.8, 4) is 0 Å². The molecule has 1 unspecified atom stereocenters. The Balaban J connectivity index is 1.63. The van der Waals surface area contributed by atoms with E-state index in [1.54, 1.807) is 12.1 Å². The molecule has 2 heterocycles. The maximum absolute atomic E-state index is 12.4. The van der Waals surface area contributed by atoms with Crippen molar-refractivity contribution in [3.05, 3.63) is 42.0 Å². The van der Waals surface area contributed by atoms with Crippen molar-refractivity contribution in [2.24, 2.45) is 0 Å². The van der Waals surface area contributed by atoms with Crippen LogP contribution in [-0.2, 0) is 25.9 Å². The van der Waals surface area contributed by atoms with Gasteiger partial charge in [-0.05, 0) is 17.7 Å². The monoisotopic (exact) mass is 364 g/mol. The predicted octanol–water partition coefficient (Wildman–Crippen LogP) is 1.08. The second-order valence-electron chi connectivity index (χ2n) is 6.59. The Morgan fingerprint density at radius 2 is 1.88 bits per heavy atom. The van der Waals surface area contributed by atoms with Gasteiger partial charge in [-0.1, -0.05) is 24.3 Å². The van der Waals surface area contributed by atoms with Crippen molar-refractivity contribution >= 4 is 15.7 Å². The van der Waals surface area contributed by atoms with Crippen LogP contribution in [0.25, 0.3) is 0 Å². The molecule has 2 aliphatic rings. The minimum Gasteiger partial charge on any atom is -0.378 e. The Bertz CT molecular complexity index is 735. The van der Waals surface area contributed by atoms with Gasteiger partial charge in [-0.3, -0.25) is 9.69 Å². The molecular formula is C18H24N2O4S. The topological polar surface area (TPSA) is 66.9 Å². The minimum absolute atomic E-state index is 0.0523. The number of rotatable bonds is 5. The summed E-state index contributed by atoms with van der Waals surface area (Å²) in [5, 5.41) is 0. The molecule has 0 radical (unpaired) electrons. The Morgan fingerprint density at radius 3 is 2.52 bits per heavy atom. The number of benzene rings is 1. The third-order valence-corrected chi connectivity index (χ3v) is 5.80. The van der Waals surface area contributed by atoms with E-state index in [1.165, 1.54) is 6.26 Å². The summed E-state index contributed by atoms with van der Waals surface area (Å²) in [5.74, 6) is 0.151. The molecule has 1 fully saturated rings. The molecule has 7 heteroatoms. The van der Waals surface area contributed by atoms with Crippen LogP contribution in [0.1, 0.15) is 12.0 Å². The van der Waals surface area contributed by atoms with E-state index < -0.39 is 9.84 Å². The normalized spacial score (nSPS) is 21.6. The number of amides is 1. The van der Waals surface area contributed by atoms with Crippen molar-refractivity contribution in [3.63, 3.8) is 0 Å². The molecule has 136 valence electrons. The number of hydrogen-bond donors (Lipinski definition) is 0. The lowest BCUT2D eigenvalue weighted by Crippen LogP contribution is -2.47. The molecule has 25 heavy (non-hydrogen) atoms. The number of sulfone groups is 1. The Labute approximate surface area is 149 Å². The highest BCUT2D eigenvalue weighted by Gasteiger charge is 2.27. The van der Waals surface area contributed by atoms with Gasteiger partial charge in [-0.25, -0.2) is 8.42 Å². The highest BCUT2D eigenvalue weighted by Crippen LogP contribution is 2.18. The first-order valence-electron chi connectivity index (χ1n) is 8.47. The largest absolute Gasteiger partial charge is 0.378 e. The number of carbonyl (C=O) groups excluding carboxylic acids is 1. The smallest absolute Gasteiger partial charge is 0.224 e. The van der Waals surface area contributed by atoms with E-state index in [1.807, 2.05) is 29.2 Å². The summed E-state index contributed by atoms with van der Waals surface area (Å²) in [4.78, 5) is 16.8. The molecule has 1 atom stereocenters. The van der Waals surface area contributed by atoms with Crippen LogP contribution in [0.3, 0.4) is 0 Å². The van der Waals surface area contributed by atoms with Gasteiger partial charge >= 0.3 is 0 Å². The molecule has 0 spiro atoms. The molecule has 6 nitrogen and oxygen atoms in total. The van der Waals surface area contributed by atoms with Gasteiger partial charge in [0.15, 0.2) is 9.84 Å². The maximum Gasteiger partial charge on any atom is 0.224 e. The van der Waals surface area contributed by atoms with Crippen LogP contribution in [0.15, 0.2) is 41.3 Å². The quantitative estimate of drug-likeness (QED) is 0.732. The van der Waals surface area contributed by atoms with Gasteiger partial charge in [-0.2, -0.15) is 0 Å². The van der Waals surface area contributed by atoms with Crippen molar-refractivity contribution in [2.75, 3.05) is 39.1 Å². The summed E-state index contributed by atoms with van der Waals surface area (Å²) in [7, 11) is -3.18.